The number of benzene rings is 1. The zero-order valence-corrected chi connectivity index (χ0v) is 20.6. The molecule has 0 radical (unpaired) electrons. The number of nitrogen functional groups attached to an aromatic ring is 1. The van der Waals surface area contributed by atoms with Gasteiger partial charge in [0.2, 0.25) is 0 Å². The fraction of sp³-hybridized carbons (Fsp3) is 0.370. The molecule has 3 aromatic heterocycles. The van der Waals surface area contributed by atoms with Gasteiger partial charge >= 0.3 is 0 Å². The zero-order valence-electron chi connectivity index (χ0n) is 20.6. The van der Waals surface area contributed by atoms with Crippen LogP contribution in [0.1, 0.15) is 37.3 Å². The second kappa shape index (κ2) is 10.1. The molecule has 2 aliphatic rings. The second-order valence-electron chi connectivity index (χ2n) is 9.60. The summed E-state index contributed by atoms with van der Waals surface area (Å²) >= 11 is 0. The Morgan fingerprint density at radius 3 is 2.70 bits per heavy atom. The van der Waals surface area contributed by atoms with Crippen molar-refractivity contribution in [1.29, 1.82) is 0 Å². The summed E-state index contributed by atoms with van der Waals surface area (Å²) in [6.45, 7) is 2.08. The second-order valence-corrected chi connectivity index (χ2v) is 9.60. The Morgan fingerprint density at radius 1 is 1.08 bits per heavy atom. The SMILES string of the molecule is Nc1ncnc2c1c(-c1ccc(CNC(=O)C3CN(c4ccccn4)CCO3)cc1)nn2C1CCCC1. The van der Waals surface area contributed by atoms with Crippen LogP contribution in [-0.4, -0.2) is 56.4 Å². The van der Waals surface area contributed by atoms with Crippen molar-refractivity contribution < 1.29 is 9.53 Å². The van der Waals surface area contributed by atoms with Gasteiger partial charge in [0.1, 0.15) is 23.7 Å². The number of nitrogens with two attached hydrogens (primary N) is 1. The Kier molecular flexibility index (Phi) is 6.40. The Balaban J connectivity index is 1.14. The molecule has 3 N–H and O–H groups in total. The largest absolute Gasteiger partial charge is 0.383 e. The first-order valence-corrected chi connectivity index (χ1v) is 12.8. The molecule has 4 aromatic rings. The van der Waals surface area contributed by atoms with Crippen molar-refractivity contribution in [3.05, 3.63) is 60.6 Å². The van der Waals surface area contributed by atoms with E-state index in [2.05, 4.69) is 25.2 Å². The van der Waals surface area contributed by atoms with E-state index in [0.717, 1.165) is 46.5 Å². The van der Waals surface area contributed by atoms with Gasteiger partial charge in [0.05, 0.1) is 24.6 Å². The molecule has 2 fully saturated rings. The Labute approximate surface area is 214 Å². The molecule has 1 unspecified atom stereocenters. The molecule has 1 aliphatic carbocycles. The molecule has 1 amide bonds. The van der Waals surface area contributed by atoms with Gasteiger partial charge in [0.15, 0.2) is 11.8 Å². The minimum atomic E-state index is -0.538. The zero-order chi connectivity index (χ0) is 25.2. The fourth-order valence-corrected chi connectivity index (χ4v) is 5.24. The van der Waals surface area contributed by atoms with E-state index in [1.807, 2.05) is 47.1 Å². The average molecular weight is 499 g/mol. The van der Waals surface area contributed by atoms with E-state index in [-0.39, 0.29) is 5.91 Å². The van der Waals surface area contributed by atoms with Gasteiger partial charge < -0.3 is 20.7 Å². The van der Waals surface area contributed by atoms with Gasteiger partial charge in [-0.05, 0) is 30.5 Å². The number of nitrogens with zero attached hydrogens (tertiary/aromatic N) is 6. The van der Waals surface area contributed by atoms with Gasteiger partial charge in [0.25, 0.3) is 5.91 Å². The van der Waals surface area contributed by atoms with Gasteiger partial charge in [0, 0.05) is 24.8 Å². The van der Waals surface area contributed by atoms with Gasteiger partial charge in [-0.1, -0.05) is 43.2 Å². The standard InChI is InChI=1S/C27H30N8O2/c28-25-23-24(33-35(20-5-1-2-6-20)26(23)32-17-31-25)19-10-8-18(9-11-19)15-30-27(36)21-16-34(13-14-37-21)22-7-3-4-12-29-22/h3-4,7-12,17,20-21H,1-2,5-6,13-16H2,(H,30,36)(H2,28,31,32). The van der Waals surface area contributed by atoms with E-state index in [1.54, 1.807) is 6.20 Å². The summed E-state index contributed by atoms with van der Waals surface area (Å²) in [5.74, 6) is 1.16. The number of carbonyl (C=O) groups excluding carboxylic acids is 1. The van der Waals surface area contributed by atoms with Crippen LogP contribution in [0.25, 0.3) is 22.3 Å². The summed E-state index contributed by atoms with van der Waals surface area (Å²) in [5.41, 5.74) is 9.77. The number of rotatable bonds is 6. The van der Waals surface area contributed by atoms with Crippen LogP contribution in [0.15, 0.2) is 55.0 Å². The van der Waals surface area contributed by atoms with Crippen LogP contribution in [0.4, 0.5) is 11.6 Å². The van der Waals surface area contributed by atoms with Gasteiger partial charge in [-0.3, -0.25) is 4.79 Å². The lowest BCUT2D eigenvalue weighted by molar-refractivity contribution is -0.133. The first-order chi connectivity index (χ1) is 18.2. The minimum absolute atomic E-state index is 0.129. The molecule has 6 rings (SSSR count). The highest BCUT2D eigenvalue weighted by Crippen LogP contribution is 2.36. The monoisotopic (exact) mass is 498 g/mol. The van der Waals surface area contributed by atoms with Crippen LogP contribution in [0.3, 0.4) is 0 Å². The predicted molar refractivity (Wildman–Crippen MR) is 141 cm³/mol. The molecule has 10 heteroatoms. The Bertz CT molecular complexity index is 1380. The summed E-state index contributed by atoms with van der Waals surface area (Å²) < 4.78 is 7.77. The van der Waals surface area contributed by atoms with E-state index >= 15 is 0 Å². The van der Waals surface area contributed by atoms with Gasteiger partial charge in [-0.25, -0.2) is 19.6 Å². The van der Waals surface area contributed by atoms with Crippen molar-refractivity contribution in [2.75, 3.05) is 30.3 Å². The van der Waals surface area contributed by atoms with Crippen molar-refractivity contribution in [2.45, 2.75) is 44.4 Å². The number of carbonyl (C=O) groups is 1. The Morgan fingerprint density at radius 2 is 1.92 bits per heavy atom. The molecule has 10 nitrogen and oxygen atoms in total. The summed E-state index contributed by atoms with van der Waals surface area (Å²) in [6.07, 6.45) is 7.33. The highest BCUT2D eigenvalue weighted by molar-refractivity contribution is 5.98. The van der Waals surface area contributed by atoms with Crippen LogP contribution < -0.4 is 16.0 Å². The van der Waals surface area contributed by atoms with E-state index in [9.17, 15) is 4.79 Å². The van der Waals surface area contributed by atoms with Crippen molar-refractivity contribution in [3.63, 3.8) is 0 Å². The third-order valence-corrected chi connectivity index (χ3v) is 7.21. The number of aromatic nitrogens is 5. The minimum Gasteiger partial charge on any atom is -0.383 e. The maximum atomic E-state index is 12.8. The number of pyridine rings is 1. The number of hydrogen-bond acceptors (Lipinski definition) is 8. The number of hydrogen-bond donors (Lipinski definition) is 2. The van der Waals surface area contributed by atoms with Crippen LogP contribution in [0.2, 0.25) is 0 Å². The van der Waals surface area contributed by atoms with Crippen molar-refractivity contribution in [2.24, 2.45) is 0 Å². The Hall–Kier alpha value is -4.05. The normalized spacial score (nSPS) is 18.4. The van der Waals surface area contributed by atoms with E-state index in [0.29, 0.717) is 38.1 Å². The maximum absolute atomic E-state index is 12.8. The van der Waals surface area contributed by atoms with Gasteiger partial charge in [-0.2, -0.15) is 5.10 Å². The topological polar surface area (TPSA) is 124 Å². The molecule has 1 saturated heterocycles. The number of ether oxygens (including phenoxy) is 1. The lowest BCUT2D eigenvalue weighted by Gasteiger charge is -2.32. The van der Waals surface area contributed by atoms with Crippen molar-refractivity contribution >= 4 is 28.6 Å². The smallest absolute Gasteiger partial charge is 0.251 e. The van der Waals surface area contributed by atoms with Crippen LogP contribution in [0, 0.1) is 0 Å². The number of anilines is 2. The molecule has 1 atom stereocenters. The summed E-state index contributed by atoms with van der Waals surface area (Å²) in [7, 11) is 0. The number of nitrogens with one attached hydrogen (secondary N) is 1. The number of amides is 1. The molecule has 190 valence electrons. The van der Waals surface area contributed by atoms with E-state index in [1.165, 1.54) is 19.2 Å². The van der Waals surface area contributed by atoms with E-state index < -0.39 is 6.10 Å². The van der Waals surface area contributed by atoms with E-state index in [4.69, 9.17) is 15.6 Å². The molecule has 1 aromatic carbocycles. The van der Waals surface area contributed by atoms with Crippen LogP contribution >= 0.6 is 0 Å². The molecule has 4 heterocycles. The average Bonchev–Trinajstić information content (AvgIpc) is 3.62. The third-order valence-electron chi connectivity index (χ3n) is 7.21. The quantitative estimate of drug-likeness (QED) is 0.416. The first-order valence-electron chi connectivity index (χ1n) is 12.8. The summed E-state index contributed by atoms with van der Waals surface area (Å²) in [4.78, 5) is 28.0. The lowest BCUT2D eigenvalue weighted by atomic mass is 10.1. The predicted octanol–water partition coefficient (Wildman–Crippen LogP) is 3.11. The fourth-order valence-electron chi connectivity index (χ4n) is 5.24. The molecular weight excluding hydrogens is 468 g/mol. The third kappa shape index (κ3) is 4.72. The molecule has 1 saturated carbocycles. The van der Waals surface area contributed by atoms with Crippen molar-refractivity contribution in [3.8, 4) is 11.3 Å². The molecular formula is C27H30N8O2. The summed E-state index contributed by atoms with van der Waals surface area (Å²) in [6, 6.07) is 14.1. The molecule has 1 aliphatic heterocycles. The van der Waals surface area contributed by atoms with Gasteiger partial charge in [-0.15, -0.1) is 0 Å². The lowest BCUT2D eigenvalue weighted by Crippen LogP contribution is -2.50. The first kappa shape index (κ1) is 23.4. The van der Waals surface area contributed by atoms with Crippen molar-refractivity contribution in [1.82, 2.24) is 30.0 Å². The molecule has 37 heavy (non-hydrogen) atoms. The number of fused-ring (bicyclic) bond motifs is 1. The highest BCUT2D eigenvalue weighted by Gasteiger charge is 2.27. The maximum Gasteiger partial charge on any atom is 0.251 e. The molecule has 0 spiro atoms. The summed E-state index contributed by atoms with van der Waals surface area (Å²) in [5, 5.41) is 8.74. The number of morpholine rings is 1. The van der Waals surface area contributed by atoms with Crippen LogP contribution in [-0.2, 0) is 16.1 Å². The van der Waals surface area contributed by atoms with Crippen LogP contribution in [0.5, 0.6) is 0 Å². The highest BCUT2D eigenvalue weighted by atomic mass is 16.5. The molecule has 0 bridgehead atoms.